The molecule has 2 aliphatic heterocycles. The van der Waals surface area contributed by atoms with Crippen molar-refractivity contribution in [1.29, 1.82) is 0 Å². The molecule has 0 aliphatic carbocycles. The molecule has 2 fully saturated rings. The van der Waals surface area contributed by atoms with Crippen molar-refractivity contribution in [1.82, 2.24) is 19.8 Å². The van der Waals surface area contributed by atoms with E-state index < -0.39 is 0 Å². The second kappa shape index (κ2) is 7.49. The Bertz CT molecular complexity index is 743. The van der Waals surface area contributed by atoms with E-state index in [1.807, 2.05) is 0 Å². The zero-order chi connectivity index (χ0) is 18.1. The number of fused-ring (bicyclic) bond motifs is 1. The lowest BCUT2D eigenvalue weighted by Gasteiger charge is -2.37. The quantitative estimate of drug-likeness (QED) is 0.844. The van der Waals surface area contributed by atoms with E-state index in [-0.39, 0.29) is 0 Å². The average molecular weight is 354 g/mol. The highest BCUT2D eigenvalue weighted by Gasteiger charge is 2.28. The lowest BCUT2D eigenvalue weighted by atomic mass is 10.1. The molecule has 26 heavy (non-hydrogen) atoms. The summed E-state index contributed by atoms with van der Waals surface area (Å²) in [6, 6.07) is 7.89. The van der Waals surface area contributed by atoms with Crippen molar-refractivity contribution in [3.63, 3.8) is 0 Å². The Labute approximate surface area is 157 Å². The number of aryl methyl sites for hydroxylation is 1. The van der Waals surface area contributed by atoms with Crippen molar-refractivity contribution in [3.8, 4) is 0 Å². The van der Waals surface area contributed by atoms with E-state index in [0.717, 1.165) is 49.6 Å². The van der Waals surface area contributed by atoms with Crippen LogP contribution in [0.1, 0.15) is 32.3 Å². The van der Waals surface area contributed by atoms with E-state index in [2.05, 4.69) is 63.6 Å². The van der Waals surface area contributed by atoms with Gasteiger partial charge in [-0.15, -0.1) is 0 Å². The topological polar surface area (TPSA) is 35.5 Å². The number of benzene rings is 1. The Balaban J connectivity index is 1.38. The molecule has 0 radical (unpaired) electrons. The van der Waals surface area contributed by atoms with Gasteiger partial charge in [0, 0.05) is 56.7 Å². The summed E-state index contributed by atoms with van der Waals surface area (Å²) in [6.07, 6.45) is 4.43. The third kappa shape index (κ3) is 3.42. The summed E-state index contributed by atoms with van der Waals surface area (Å²) < 4.78 is 0. The molecular formula is C21H31N5. The standard InChI is InChI=1S/C21H31N5/c1-16-5-4-6-19-20(16)22-15-23-21(19)25-12-9-24(10-13-25)11-14-26-17(2)7-8-18(26)3/h4-6,15,17-18H,7-14H2,1-3H3. The molecule has 0 amide bonds. The number of piperazine rings is 1. The first-order valence-corrected chi connectivity index (χ1v) is 10.1. The summed E-state index contributed by atoms with van der Waals surface area (Å²) in [6.45, 7) is 13.6. The Hall–Kier alpha value is -1.72. The second-order valence-electron chi connectivity index (χ2n) is 8.01. The second-order valence-corrected chi connectivity index (χ2v) is 8.01. The van der Waals surface area contributed by atoms with Crippen LogP contribution in [0.5, 0.6) is 0 Å². The van der Waals surface area contributed by atoms with Crippen molar-refractivity contribution in [3.05, 3.63) is 30.1 Å². The van der Waals surface area contributed by atoms with Gasteiger partial charge < -0.3 is 4.90 Å². The molecule has 2 unspecified atom stereocenters. The summed E-state index contributed by atoms with van der Waals surface area (Å²) in [5, 5.41) is 1.18. The van der Waals surface area contributed by atoms with Crippen molar-refractivity contribution < 1.29 is 0 Å². The third-order valence-electron chi connectivity index (χ3n) is 6.33. The van der Waals surface area contributed by atoms with Crippen molar-refractivity contribution >= 4 is 16.7 Å². The number of nitrogens with zero attached hydrogens (tertiary/aromatic N) is 5. The number of hydrogen-bond donors (Lipinski definition) is 0. The third-order valence-corrected chi connectivity index (χ3v) is 6.33. The highest BCUT2D eigenvalue weighted by molar-refractivity contribution is 5.91. The van der Waals surface area contributed by atoms with Gasteiger partial charge in [0.25, 0.3) is 0 Å². The molecule has 0 N–H and O–H groups in total. The predicted octanol–water partition coefficient (Wildman–Crippen LogP) is 2.93. The molecule has 2 atom stereocenters. The Morgan fingerprint density at radius 1 is 0.962 bits per heavy atom. The molecule has 2 saturated heterocycles. The molecule has 2 aromatic rings. The number of aromatic nitrogens is 2. The van der Waals surface area contributed by atoms with Crippen LogP contribution in [0.4, 0.5) is 5.82 Å². The lowest BCUT2D eigenvalue weighted by Crippen LogP contribution is -2.49. The fourth-order valence-electron chi connectivity index (χ4n) is 4.60. The molecule has 2 aliphatic rings. The van der Waals surface area contributed by atoms with E-state index >= 15 is 0 Å². The summed E-state index contributed by atoms with van der Waals surface area (Å²) in [5.41, 5.74) is 2.30. The van der Waals surface area contributed by atoms with Gasteiger partial charge >= 0.3 is 0 Å². The summed E-state index contributed by atoms with van der Waals surface area (Å²) >= 11 is 0. The van der Waals surface area contributed by atoms with E-state index in [9.17, 15) is 0 Å². The highest BCUT2D eigenvalue weighted by atomic mass is 15.3. The molecular weight excluding hydrogens is 322 g/mol. The van der Waals surface area contributed by atoms with Crippen LogP contribution in [-0.2, 0) is 0 Å². The molecule has 0 spiro atoms. The minimum atomic E-state index is 0.752. The van der Waals surface area contributed by atoms with Crippen LogP contribution in [0.15, 0.2) is 24.5 Å². The summed E-state index contributed by atoms with van der Waals surface area (Å²) in [5.74, 6) is 1.10. The van der Waals surface area contributed by atoms with Gasteiger partial charge in [-0.3, -0.25) is 9.80 Å². The van der Waals surface area contributed by atoms with Crippen molar-refractivity contribution in [2.24, 2.45) is 0 Å². The molecule has 1 aromatic heterocycles. The molecule has 5 nitrogen and oxygen atoms in total. The fraction of sp³-hybridized carbons (Fsp3) is 0.619. The zero-order valence-corrected chi connectivity index (χ0v) is 16.4. The van der Waals surface area contributed by atoms with Gasteiger partial charge in [0.15, 0.2) is 0 Å². The number of rotatable bonds is 4. The predicted molar refractivity (Wildman–Crippen MR) is 108 cm³/mol. The molecule has 3 heterocycles. The highest BCUT2D eigenvalue weighted by Crippen LogP contribution is 2.26. The van der Waals surface area contributed by atoms with Crippen LogP contribution in [0, 0.1) is 6.92 Å². The minimum Gasteiger partial charge on any atom is -0.353 e. The van der Waals surface area contributed by atoms with Gasteiger partial charge in [0.1, 0.15) is 12.1 Å². The maximum atomic E-state index is 4.61. The van der Waals surface area contributed by atoms with Crippen LogP contribution in [0.2, 0.25) is 0 Å². The largest absolute Gasteiger partial charge is 0.353 e. The van der Waals surface area contributed by atoms with Crippen molar-refractivity contribution in [2.45, 2.75) is 45.7 Å². The van der Waals surface area contributed by atoms with Gasteiger partial charge in [-0.1, -0.05) is 12.1 Å². The maximum absolute atomic E-state index is 4.61. The first-order valence-electron chi connectivity index (χ1n) is 10.1. The van der Waals surface area contributed by atoms with Crippen LogP contribution in [0.25, 0.3) is 10.9 Å². The van der Waals surface area contributed by atoms with E-state index in [1.165, 1.54) is 36.9 Å². The normalized spacial score (nSPS) is 25.3. The molecule has 140 valence electrons. The van der Waals surface area contributed by atoms with E-state index in [4.69, 9.17) is 0 Å². The van der Waals surface area contributed by atoms with Gasteiger partial charge in [-0.2, -0.15) is 0 Å². The SMILES string of the molecule is Cc1cccc2c(N3CCN(CCN4C(C)CCC4C)CC3)ncnc12. The van der Waals surface area contributed by atoms with Gasteiger partial charge in [0.05, 0.1) is 5.52 Å². The minimum absolute atomic E-state index is 0.752. The molecule has 0 saturated carbocycles. The van der Waals surface area contributed by atoms with Gasteiger partial charge in [-0.05, 0) is 45.2 Å². The van der Waals surface area contributed by atoms with Gasteiger partial charge in [0.2, 0.25) is 0 Å². The average Bonchev–Trinajstić information content (AvgIpc) is 2.98. The summed E-state index contributed by atoms with van der Waals surface area (Å²) in [7, 11) is 0. The number of hydrogen-bond acceptors (Lipinski definition) is 5. The van der Waals surface area contributed by atoms with Crippen LogP contribution >= 0.6 is 0 Å². The number of para-hydroxylation sites is 1. The smallest absolute Gasteiger partial charge is 0.139 e. The monoisotopic (exact) mass is 353 g/mol. The van der Waals surface area contributed by atoms with Crippen LogP contribution < -0.4 is 4.90 Å². The Morgan fingerprint density at radius 2 is 1.69 bits per heavy atom. The zero-order valence-electron chi connectivity index (χ0n) is 16.4. The lowest BCUT2D eigenvalue weighted by molar-refractivity contribution is 0.165. The Morgan fingerprint density at radius 3 is 2.42 bits per heavy atom. The van der Waals surface area contributed by atoms with E-state index in [1.54, 1.807) is 6.33 Å². The maximum Gasteiger partial charge on any atom is 0.139 e. The van der Waals surface area contributed by atoms with Crippen LogP contribution in [-0.4, -0.2) is 71.1 Å². The molecule has 4 rings (SSSR count). The number of anilines is 1. The molecule has 0 bridgehead atoms. The molecule has 1 aromatic carbocycles. The van der Waals surface area contributed by atoms with Crippen LogP contribution in [0.3, 0.4) is 0 Å². The first-order chi connectivity index (χ1) is 12.6. The molecule has 5 heteroatoms. The first kappa shape index (κ1) is 17.7. The fourth-order valence-corrected chi connectivity index (χ4v) is 4.60. The number of likely N-dealkylation sites (tertiary alicyclic amines) is 1. The summed E-state index contributed by atoms with van der Waals surface area (Å²) in [4.78, 5) is 16.8. The van der Waals surface area contributed by atoms with Gasteiger partial charge in [-0.25, -0.2) is 9.97 Å². The van der Waals surface area contributed by atoms with E-state index in [0.29, 0.717) is 0 Å². The van der Waals surface area contributed by atoms with Crippen molar-refractivity contribution in [2.75, 3.05) is 44.2 Å². The Kier molecular flexibility index (Phi) is 5.09.